The number of ether oxygens (including phenoxy) is 2. The standard InChI is InChI=1S/C19H23NO2/c1-3-7-17(8-4-1)15-21-18-9-11-19(12-10-18)22-16-20-13-5-2-6-14-20/h1,3-4,7-12H,2,5-6,13-16H2. The molecule has 0 N–H and O–H groups in total. The molecule has 0 saturated carbocycles. The van der Waals surface area contributed by atoms with Crippen LogP contribution in [0.1, 0.15) is 24.8 Å². The molecule has 2 aromatic carbocycles. The van der Waals surface area contributed by atoms with E-state index in [1.165, 1.54) is 24.8 Å². The van der Waals surface area contributed by atoms with Crippen molar-refractivity contribution in [2.45, 2.75) is 25.9 Å². The average Bonchev–Trinajstić information content (AvgIpc) is 2.61. The summed E-state index contributed by atoms with van der Waals surface area (Å²) in [5, 5.41) is 0. The summed E-state index contributed by atoms with van der Waals surface area (Å²) in [5.41, 5.74) is 1.17. The Morgan fingerprint density at radius 1 is 0.727 bits per heavy atom. The molecule has 1 heterocycles. The van der Waals surface area contributed by atoms with E-state index < -0.39 is 0 Å². The molecule has 116 valence electrons. The lowest BCUT2D eigenvalue weighted by atomic mass is 10.1. The smallest absolute Gasteiger partial charge is 0.142 e. The maximum absolute atomic E-state index is 5.83. The quantitative estimate of drug-likeness (QED) is 0.801. The maximum Gasteiger partial charge on any atom is 0.142 e. The van der Waals surface area contributed by atoms with E-state index in [4.69, 9.17) is 9.47 Å². The van der Waals surface area contributed by atoms with Crippen molar-refractivity contribution in [3.63, 3.8) is 0 Å². The van der Waals surface area contributed by atoms with Crippen LogP contribution in [-0.4, -0.2) is 24.7 Å². The van der Waals surface area contributed by atoms with Gasteiger partial charge in [0.25, 0.3) is 0 Å². The van der Waals surface area contributed by atoms with Crippen LogP contribution in [0.5, 0.6) is 11.5 Å². The summed E-state index contributed by atoms with van der Waals surface area (Å²) in [5.74, 6) is 1.77. The molecule has 1 fully saturated rings. The molecule has 0 amide bonds. The molecule has 1 saturated heterocycles. The third kappa shape index (κ3) is 4.50. The lowest BCUT2D eigenvalue weighted by Crippen LogP contribution is -2.33. The second-order valence-electron chi connectivity index (χ2n) is 5.70. The lowest BCUT2D eigenvalue weighted by Gasteiger charge is -2.26. The Morgan fingerprint density at radius 3 is 2.05 bits per heavy atom. The Morgan fingerprint density at radius 2 is 1.36 bits per heavy atom. The molecule has 3 heteroatoms. The summed E-state index contributed by atoms with van der Waals surface area (Å²) in [4.78, 5) is 2.36. The molecule has 0 aromatic heterocycles. The van der Waals surface area contributed by atoms with E-state index in [9.17, 15) is 0 Å². The predicted octanol–water partition coefficient (Wildman–Crippen LogP) is 4.09. The molecule has 0 atom stereocenters. The van der Waals surface area contributed by atoms with Crippen LogP contribution >= 0.6 is 0 Å². The number of benzene rings is 2. The van der Waals surface area contributed by atoms with Gasteiger partial charge in [-0.15, -0.1) is 0 Å². The summed E-state index contributed by atoms with van der Waals surface area (Å²) >= 11 is 0. The highest BCUT2D eigenvalue weighted by molar-refractivity contribution is 5.31. The SMILES string of the molecule is c1ccc(COc2ccc(OCN3CCCCC3)cc2)cc1. The van der Waals surface area contributed by atoms with Gasteiger partial charge in [-0.25, -0.2) is 0 Å². The molecule has 2 aromatic rings. The Kier molecular flexibility index (Phi) is 5.32. The number of hydrogen-bond donors (Lipinski definition) is 0. The fourth-order valence-corrected chi connectivity index (χ4v) is 2.63. The summed E-state index contributed by atoms with van der Waals surface area (Å²) in [6.45, 7) is 3.58. The summed E-state index contributed by atoms with van der Waals surface area (Å²) in [7, 11) is 0. The molecule has 0 spiro atoms. The van der Waals surface area contributed by atoms with Gasteiger partial charge in [-0.3, -0.25) is 4.90 Å². The summed E-state index contributed by atoms with van der Waals surface area (Å²) in [6.07, 6.45) is 3.93. The monoisotopic (exact) mass is 297 g/mol. The first-order valence-corrected chi connectivity index (χ1v) is 8.02. The van der Waals surface area contributed by atoms with Crippen molar-refractivity contribution in [2.24, 2.45) is 0 Å². The van der Waals surface area contributed by atoms with Crippen LogP contribution in [0.15, 0.2) is 54.6 Å². The van der Waals surface area contributed by atoms with Gasteiger partial charge >= 0.3 is 0 Å². The Labute approximate surface area is 132 Å². The zero-order chi connectivity index (χ0) is 15.0. The molecule has 0 unspecified atom stereocenters. The van der Waals surface area contributed by atoms with Crippen molar-refractivity contribution in [3.8, 4) is 11.5 Å². The van der Waals surface area contributed by atoms with Gasteiger partial charge in [0.15, 0.2) is 0 Å². The van der Waals surface area contributed by atoms with Crippen LogP contribution in [0.4, 0.5) is 0 Å². The highest BCUT2D eigenvalue weighted by Gasteiger charge is 2.09. The normalized spacial score (nSPS) is 15.5. The summed E-state index contributed by atoms with van der Waals surface area (Å²) in [6, 6.07) is 18.1. The molecule has 1 aliphatic rings. The minimum atomic E-state index is 0.592. The molecule has 0 aliphatic carbocycles. The lowest BCUT2D eigenvalue weighted by molar-refractivity contribution is 0.106. The number of hydrogen-bond acceptors (Lipinski definition) is 3. The third-order valence-corrected chi connectivity index (χ3v) is 3.93. The first kappa shape index (κ1) is 14.9. The van der Waals surface area contributed by atoms with Crippen molar-refractivity contribution >= 4 is 0 Å². The van der Waals surface area contributed by atoms with Crippen molar-refractivity contribution < 1.29 is 9.47 Å². The zero-order valence-electron chi connectivity index (χ0n) is 12.9. The van der Waals surface area contributed by atoms with E-state index >= 15 is 0 Å². The van der Waals surface area contributed by atoms with Gasteiger partial charge in [-0.2, -0.15) is 0 Å². The molecular weight excluding hydrogens is 274 g/mol. The zero-order valence-corrected chi connectivity index (χ0v) is 12.9. The van der Waals surface area contributed by atoms with E-state index in [0.717, 1.165) is 24.6 Å². The number of likely N-dealkylation sites (tertiary alicyclic amines) is 1. The Bertz CT molecular complexity index is 547. The van der Waals surface area contributed by atoms with Crippen LogP contribution < -0.4 is 9.47 Å². The van der Waals surface area contributed by atoms with Crippen LogP contribution in [0.25, 0.3) is 0 Å². The maximum atomic E-state index is 5.83. The third-order valence-electron chi connectivity index (χ3n) is 3.93. The number of piperidine rings is 1. The molecule has 3 nitrogen and oxygen atoms in total. The van der Waals surface area contributed by atoms with Crippen molar-refractivity contribution in [3.05, 3.63) is 60.2 Å². The first-order chi connectivity index (χ1) is 10.9. The van der Waals surface area contributed by atoms with Gasteiger partial charge in [-0.05, 0) is 42.7 Å². The molecule has 3 rings (SSSR count). The van der Waals surface area contributed by atoms with E-state index in [2.05, 4.69) is 17.0 Å². The van der Waals surface area contributed by atoms with Gasteiger partial charge in [-0.1, -0.05) is 36.8 Å². The topological polar surface area (TPSA) is 21.7 Å². The number of nitrogens with zero attached hydrogens (tertiary/aromatic N) is 1. The molecular formula is C19H23NO2. The van der Waals surface area contributed by atoms with Gasteiger partial charge in [0.1, 0.15) is 24.8 Å². The van der Waals surface area contributed by atoms with Crippen LogP contribution in [0, 0.1) is 0 Å². The van der Waals surface area contributed by atoms with E-state index in [-0.39, 0.29) is 0 Å². The second kappa shape index (κ2) is 7.85. The van der Waals surface area contributed by atoms with Gasteiger partial charge in [0.05, 0.1) is 0 Å². The number of rotatable bonds is 6. The average molecular weight is 297 g/mol. The van der Waals surface area contributed by atoms with E-state index in [1.54, 1.807) is 0 Å². The van der Waals surface area contributed by atoms with Crippen molar-refractivity contribution in [2.75, 3.05) is 19.8 Å². The molecule has 22 heavy (non-hydrogen) atoms. The largest absolute Gasteiger partial charge is 0.489 e. The molecule has 1 aliphatic heterocycles. The molecule has 0 radical (unpaired) electrons. The van der Waals surface area contributed by atoms with E-state index in [0.29, 0.717) is 13.3 Å². The van der Waals surface area contributed by atoms with Crippen LogP contribution in [0.2, 0.25) is 0 Å². The van der Waals surface area contributed by atoms with Crippen LogP contribution in [-0.2, 0) is 6.61 Å². The van der Waals surface area contributed by atoms with Gasteiger partial charge in [0.2, 0.25) is 0 Å². The van der Waals surface area contributed by atoms with Crippen molar-refractivity contribution in [1.82, 2.24) is 4.90 Å². The summed E-state index contributed by atoms with van der Waals surface area (Å²) < 4.78 is 11.6. The van der Waals surface area contributed by atoms with Crippen molar-refractivity contribution in [1.29, 1.82) is 0 Å². The highest BCUT2D eigenvalue weighted by atomic mass is 16.5. The minimum Gasteiger partial charge on any atom is -0.489 e. The fourth-order valence-electron chi connectivity index (χ4n) is 2.63. The predicted molar refractivity (Wildman–Crippen MR) is 88.1 cm³/mol. The first-order valence-electron chi connectivity index (χ1n) is 8.02. The van der Waals surface area contributed by atoms with Gasteiger partial charge < -0.3 is 9.47 Å². The highest BCUT2D eigenvalue weighted by Crippen LogP contribution is 2.19. The van der Waals surface area contributed by atoms with Crippen LogP contribution in [0.3, 0.4) is 0 Å². The molecule has 0 bridgehead atoms. The van der Waals surface area contributed by atoms with Gasteiger partial charge in [0, 0.05) is 13.1 Å². The second-order valence-corrected chi connectivity index (χ2v) is 5.70. The minimum absolute atomic E-state index is 0.592. The van der Waals surface area contributed by atoms with E-state index in [1.807, 2.05) is 42.5 Å². The Hall–Kier alpha value is -2.00. The Balaban J connectivity index is 1.45. The fraction of sp³-hybridized carbons (Fsp3) is 0.368.